The van der Waals surface area contributed by atoms with Crippen molar-refractivity contribution in [1.29, 1.82) is 0 Å². The van der Waals surface area contributed by atoms with Crippen LogP contribution in [0.4, 0.5) is 4.79 Å². The number of hydrogen-bond acceptors (Lipinski definition) is 6. The van der Waals surface area contributed by atoms with Gasteiger partial charge in [0.2, 0.25) is 0 Å². The highest BCUT2D eigenvalue weighted by atomic mass is 35.5. The molecule has 186 valence electrons. The smallest absolute Gasteiger partial charge is 0.447 e. The van der Waals surface area contributed by atoms with E-state index in [1.165, 1.54) is 0 Å². The van der Waals surface area contributed by atoms with Gasteiger partial charge in [0.15, 0.2) is 11.4 Å². The van der Waals surface area contributed by atoms with Crippen LogP contribution in [0.5, 0.6) is 0 Å². The summed E-state index contributed by atoms with van der Waals surface area (Å²) in [6, 6.07) is 11.0. The van der Waals surface area contributed by atoms with E-state index in [1.54, 1.807) is 39.2 Å². The van der Waals surface area contributed by atoms with Gasteiger partial charge in [-0.05, 0) is 87.4 Å². The van der Waals surface area contributed by atoms with E-state index in [1.807, 2.05) is 25.1 Å². The Morgan fingerprint density at radius 2 is 1.74 bits per heavy atom. The van der Waals surface area contributed by atoms with Gasteiger partial charge < -0.3 is 18.9 Å². The number of esters is 1. The lowest BCUT2D eigenvalue weighted by atomic mass is 9.80. The molecule has 1 heterocycles. The molecule has 35 heavy (non-hydrogen) atoms. The molecule has 4 rings (SSSR count). The Labute approximate surface area is 215 Å². The molecule has 1 saturated carbocycles. The first-order valence-corrected chi connectivity index (χ1v) is 12.3. The molecule has 0 bridgehead atoms. The molecular formula is C27H28Cl2O6. The quantitative estimate of drug-likeness (QED) is 0.392. The van der Waals surface area contributed by atoms with E-state index in [0.717, 1.165) is 16.7 Å². The van der Waals surface area contributed by atoms with Gasteiger partial charge in [-0.3, -0.25) is 0 Å². The molecule has 0 radical (unpaired) electrons. The van der Waals surface area contributed by atoms with Crippen LogP contribution >= 0.6 is 23.2 Å². The van der Waals surface area contributed by atoms with E-state index >= 15 is 0 Å². The maximum atomic E-state index is 13.3. The van der Waals surface area contributed by atoms with Gasteiger partial charge in [-0.15, -0.1) is 0 Å². The molecule has 0 atom stereocenters. The Morgan fingerprint density at radius 1 is 1.09 bits per heavy atom. The maximum absolute atomic E-state index is 13.3. The Balaban J connectivity index is 1.80. The van der Waals surface area contributed by atoms with E-state index in [4.69, 9.17) is 42.1 Å². The Bertz CT molecular complexity index is 1160. The lowest BCUT2D eigenvalue weighted by Crippen LogP contribution is -2.40. The van der Waals surface area contributed by atoms with Gasteiger partial charge in [-0.2, -0.15) is 0 Å². The van der Waals surface area contributed by atoms with Crippen LogP contribution in [0.1, 0.15) is 50.7 Å². The summed E-state index contributed by atoms with van der Waals surface area (Å²) in [6.45, 7) is 5.33. The predicted octanol–water partition coefficient (Wildman–Crippen LogP) is 7.13. The molecule has 0 aromatic heterocycles. The van der Waals surface area contributed by atoms with E-state index in [0.29, 0.717) is 41.3 Å². The zero-order chi connectivity index (χ0) is 25.3. The average molecular weight is 519 g/mol. The largest absolute Gasteiger partial charge is 0.513 e. The van der Waals surface area contributed by atoms with E-state index < -0.39 is 17.7 Å². The second kappa shape index (κ2) is 10.2. The molecule has 1 spiro atoms. The minimum absolute atomic E-state index is 0.0575. The van der Waals surface area contributed by atoms with Crippen molar-refractivity contribution in [2.24, 2.45) is 0 Å². The third kappa shape index (κ3) is 5.20. The van der Waals surface area contributed by atoms with Crippen LogP contribution < -0.4 is 0 Å². The monoisotopic (exact) mass is 518 g/mol. The first-order chi connectivity index (χ1) is 16.6. The van der Waals surface area contributed by atoms with Gasteiger partial charge >= 0.3 is 12.1 Å². The molecule has 2 aromatic rings. The number of rotatable bonds is 5. The van der Waals surface area contributed by atoms with Gasteiger partial charge in [-0.1, -0.05) is 35.3 Å². The van der Waals surface area contributed by atoms with Gasteiger partial charge in [0.25, 0.3) is 0 Å². The number of hydrogen-bond donors (Lipinski definition) is 0. The lowest BCUT2D eigenvalue weighted by Gasteiger charge is -2.36. The molecular weight excluding hydrogens is 491 g/mol. The number of carbonyl (C=O) groups is 2. The highest BCUT2D eigenvalue weighted by Crippen LogP contribution is 2.48. The SMILES string of the molecule is COC1CCC2(CC1)OC(=O)C(c1cc(Cl)c(-c3ccc(Cl)cc3)cc1C)=C2OC(=O)OC(C)C. The van der Waals surface area contributed by atoms with E-state index in [-0.39, 0.29) is 23.5 Å². The molecule has 0 unspecified atom stereocenters. The van der Waals surface area contributed by atoms with Crippen molar-refractivity contribution < 1.29 is 28.5 Å². The van der Waals surface area contributed by atoms with Crippen LogP contribution in [0.15, 0.2) is 42.2 Å². The van der Waals surface area contributed by atoms with Crippen LogP contribution in [0.2, 0.25) is 10.0 Å². The molecule has 1 fully saturated rings. The Hall–Kier alpha value is -2.54. The van der Waals surface area contributed by atoms with Crippen molar-refractivity contribution in [3.63, 3.8) is 0 Å². The summed E-state index contributed by atoms with van der Waals surface area (Å²) >= 11 is 12.7. The standard InChI is InChI=1S/C27H28Cl2O6/c1-15(2)33-26(31)34-24-23(25(30)35-27(24)11-9-19(32-4)10-12-27)20-14-22(29)21(13-16(20)3)17-5-7-18(28)8-6-17/h5-8,13-15,19H,9-12H2,1-4H3. The second-order valence-corrected chi connectivity index (χ2v) is 10.0. The van der Waals surface area contributed by atoms with Crippen molar-refractivity contribution in [2.75, 3.05) is 7.11 Å². The molecule has 2 aromatic carbocycles. The van der Waals surface area contributed by atoms with Crippen LogP contribution in [-0.2, 0) is 23.7 Å². The predicted molar refractivity (Wildman–Crippen MR) is 134 cm³/mol. The highest BCUT2D eigenvalue weighted by Gasteiger charge is 2.53. The number of halogens is 2. The number of carbonyl (C=O) groups excluding carboxylic acids is 2. The van der Waals surface area contributed by atoms with Crippen molar-refractivity contribution in [3.05, 3.63) is 63.3 Å². The summed E-state index contributed by atoms with van der Waals surface area (Å²) in [5.41, 5.74) is 2.18. The zero-order valence-electron chi connectivity index (χ0n) is 20.2. The first-order valence-electron chi connectivity index (χ1n) is 11.6. The topological polar surface area (TPSA) is 71.1 Å². The highest BCUT2D eigenvalue weighted by molar-refractivity contribution is 6.34. The van der Waals surface area contributed by atoms with Gasteiger partial charge in [0.1, 0.15) is 5.57 Å². The van der Waals surface area contributed by atoms with Gasteiger partial charge in [0, 0.05) is 22.7 Å². The average Bonchev–Trinajstić information content (AvgIpc) is 3.06. The molecule has 1 aliphatic carbocycles. The summed E-state index contributed by atoms with van der Waals surface area (Å²) in [5.74, 6) is -0.368. The third-order valence-corrected chi connectivity index (χ3v) is 7.03. The fourth-order valence-electron chi connectivity index (χ4n) is 4.70. The van der Waals surface area contributed by atoms with Crippen LogP contribution in [0, 0.1) is 6.92 Å². The molecule has 6 nitrogen and oxygen atoms in total. The van der Waals surface area contributed by atoms with Crippen LogP contribution in [-0.4, -0.2) is 37.0 Å². The van der Waals surface area contributed by atoms with Crippen LogP contribution in [0.3, 0.4) is 0 Å². The second-order valence-electron chi connectivity index (χ2n) is 9.20. The van der Waals surface area contributed by atoms with Crippen molar-refractivity contribution >= 4 is 40.9 Å². The summed E-state index contributed by atoms with van der Waals surface area (Å²) in [4.78, 5) is 25.8. The minimum atomic E-state index is -1.05. The maximum Gasteiger partial charge on any atom is 0.513 e. The molecule has 8 heteroatoms. The molecule has 0 N–H and O–H groups in total. The first kappa shape index (κ1) is 25.5. The Kier molecular flexibility index (Phi) is 7.46. The Morgan fingerprint density at radius 3 is 2.34 bits per heavy atom. The molecule has 0 amide bonds. The molecule has 2 aliphatic rings. The van der Waals surface area contributed by atoms with Crippen molar-refractivity contribution in [2.45, 2.75) is 64.3 Å². The van der Waals surface area contributed by atoms with Crippen LogP contribution in [0.25, 0.3) is 16.7 Å². The summed E-state index contributed by atoms with van der Waals surface area (Å²) < 4.78 is 22.4. The minimum Gasteiger partial charge on any atom is -0.447 e. The summed E-state index contributed by atoms with van der Waals surface area (Å²) in [7, 11) is 1.66. The van der Waals surface area contributed by atoms with Crippen molar-refractivity contribution in [1.82, 2.24) is 0 Å². The lowest BCUT2D eigenvalue weighted by molar-refractivity contribution is -0.152. The fraction of sp³-hybridized carbons (Fsp3) is 0.407. The number of methoxy groups -OCH3 is 1. The van der Waals surface area contributed by atoms with Crippen molar-refractivity contribution in [3.8, 4) is 11.1 Å². The number of ether oxygens (including phenoxy) is 4. The van der Waals surface area contributed by atoms with E-state index in [2.05, 4.69) is 0 Å². The van der Waals surface area contributed by atoms with Gasteiger partial charge in [-0.25, -0.2) is 9.59 Å². The van der Waals surface area contributed by atoms with E-state index in [9.17, 15) is 9.59 Å². The molecule has 1 aliphatic heterocycles. The summed E-state index contributed by atoms with van der Waals surface area (Å²) in [5, 5.41) is 1.07. The fourth-order valence-corrected chi connectivity index (χ4v) is 5.09. The zero-order valence-corrected chi connectivity index (χ0v) is 21.7. The van der Waals surface area contributed by atoms with Gasteiger partial charge in [0.05, 0.1) is 12.2 Å². The normalized spacial score (nSPS) is 22.0. The molecule has 0 saturated heterocycles. The number of benzene rings is 2. The third-order valence-electron chi connectivity index (χ3n) is 6.46. The number of aryl methyl sites for hydroxylation is 1. The summed E-state index contributed by atoms with van der Waals surface area (Å²) in [6.07, 6.45) is 1.08.